The van der Waals surface area contributed by atoms with E-state index in [2.05, 4.69) is 10.0 Å². The first kappa shape index (κ1) is 21.0. The van der Waals surface area contributed by atoms with Crippen LogP contribution < -0.4 is 10.0 Å². The molecule has 0 saturated carbocycles. The van der Waals surface area contributed by atoms with E-state index in [1.807, 2.05) is 25.1 Å². The fourth-order valence-electron chi connectivity index (χ4n) is 3.15. The van der Waals surface area contributed by atoms with Crippen LogP contribution in [-0.2, 0) is 37.2 Å². The average molecular weight is 416 g/mol. The summed E-state index contributed by atoms with van der Waals surface area (Å²) in [5.41, 5.74) is 4.17. The highest BCUT2D eigenvalue weighted by atomic mass is 32.2. The van der Waals surface area contributed by atoms with Crippen molar-refractivity contribution in [2.75, 3.05) is 18.5 Å². The third kappa shape index (κ3) is 5.88. The first-order valence-electron chi connectivity index (χ1n) is 9.47. The van der Waals surface area contributed by atoms with Gasteiger partial charge in [-0.1, -0.05) is 23.8 Å². The van der Waals surface area contributed by atoms with Gasteiger partial charge in [0.05, 0.1) is 11.3 Å². The summed E-state index contributed by atoms with van der Waals surface area (Å²) in [4.78, 5) is 23.9. The zero-order valence-electron chi connectivity index (χ0n) is 16.2. The molecule has 0 bridgehead atoms. The quantitative estimate of drug-likeness (QED) is 0.643. The fourth-order valence-corrected chi connectivity index (χ4v) is 4.18. The summed E-state index contributed by atoms with van der Waals surface area (Å²) in [6, 6.07) is 12.2. The van der Waals surface area contributed by atoms with Crippen LogP contribution in [0.4, 0.5) is 5.69 Å². The maximum Gasteiger partial charge on any atom is 0.307 e. The molecular formula is C21H24N2O5S. The lowest BCUT2D eigenvalue weighted by molar-refractivity contribution is -0.147. The monoisotopic (exact) mass is 416 g/mol. The van der Waals surface area contributed by atoms with E-state index in [0.717, 1.165) is 24.8 Å². The molecule has 2 aromatic rings. The molecule has 7 nitrogen and oxygen atoms in total. The van der Waals surface area contributed by atoms with E-state index in [9.17, 15) is 18.0 Å². The van der Waals surface area contributed by atoms with Crippen LogP contribution in [0.3, 0.4) is 0 Å². The number of carbonyl (C=O) groups is 2. The second-order valence-corrected chi connectivity index (χ2v) is 8.77. The number of benzene rings is 2. The van der Waals surface area contributed by atoms with E-state index >= 15 is 0 Å². The van der Waals surface area contributed by atoms with Crippen molar-refractivity contribution in [1.82, 2.24) is 4.72 Å². The lowest BCUT2D eigenvalue weighted by atomic mass is 10.1. The van der Waals surface area contributed by atoms with Crippen molar-refractivity contribution in [3.63, 3.8) is 0 Å². The molecule has 29 heavy (non-hydrogen) atoms. The number of nitrogens with one attached hydrogen (secondary N) is 2. The number of hydrogen-bond acceptors (Lipinski definition) is 5. The Labute approximate surface area is 170 Å². The van der Waals surface area contributed by atoms with Crippen LogP contribution in [0.2, 0.25) is 0 Å². The minimum atomic E-state index is -3.69. The second kappa shape index (κ2) is 9.19. The van der Waals surface area contributed by atoms with Gasteiger partial charge in [-0.3, -0.25) is 9.59 Å². The number of sulfonamides is 1. The van der Waals surface area contributed by atoms with Crippen LogP contribution in [-0.4, -0.2) is 33.4 Å². The van der Waals surface area contributed by atoms with Gasteiger partial charge in [-0.05, 0) is 61.6 Å². The number of aryl methyl sites for hydroxylation is 3. The lowest BCUT2D eigenvalue weighted by Gasteiger charge is -2.09. The van der Waals surface area contributed by atoms with E-state index < -0.39 is 28.5 Å². The van der Waals surface area contributed by atoms with E-state index in [1.165, 1.54) is 23.3 Å². The van der Waals surface area contributed by atoms with Crippen LogP contribution in [0.1, 0.15) is 29.5 Å². The van der Waals surface area contributed by atoms with Crippen LogP contribution >= 0.6 is 0 Å². The standard InChI is InChI=1S/C21H24N2O5S/c1-15-5-9-19(10-6-15)29(26,27)22-12-11-21(25)28-14-20(24)23-18-8-7-16-3-2-4-17(16)13-18/h5-10,13,22H,2-4,11-12,14H2,1H3,(H,23,24). The first-order valence-corrected chi connectivity index (χ1v) is 11.0. The topological polar surface area (TPSA) is 102 Å². The number of esters is 1. The number of amides is 1. The summed E-state index contributed by atoms with van der Waals surface area (Å²) in [5, 5.41) is 2.71. The van der Waals surface area contributed by atoms with Gasteiger partial charge in [0.15, 0.2) is 6.61 Å². The molecule has 0 unspecified atom stereocenters. The molecule has 1 amide bonds. The summed E-state index contributed by atoms with van der Waals surface area (Å²) in [6.45, 7) is 1.34. The highest BCUT2D eigenvalue weighted by molar-refractivity contribution is 7.89. The van der Waals surface area contributed by atoms with Crippen molar-refractivity contribution >= 4 is 27.6 Å². The van der Waals surface area contributed by atoms with Crippen LogP contribution in [0, 0.1) is 6.92 Å². The molecule has 0 radical (unpaired) electrons. The summed E-state index contributed by atoms with van der Waals surface area (Å²) in [5.74, 6) is -1.09. The number of anilines is 1. The summed E-state index contributed by atoms with van der Waals surface area (Å²) >= 11 is 0. The Morgan fingerprint density at radius 3 is 2.52 bits per heavy atom. The zero-order chi connectivity index (χ0) is 20.9. The Kier molecular flexibility index (Phi) is 6.66. The molecule has 3 rings (SSSR count). The molecule has 0 spiro atoms. The normalized spacial score (nSPS) is 13.0. The number of fused-ring (bicyclic) bond motifs is 1. The fraction of sp³-hybridized carbons (Fsp3) is 0.333. The molecule has 0 aromatic heterocycles. The number of rotatable bonds is 8. The van der Waals surface area contributed by atoms with Crippen molar-refractivity contribution in [2.24, 2.45) is 0 Å². The van der Waals surface area contributed by atoms with E-state index in [0.29, 0.717) is 5.69 Å². The number of carbonyl (C=O) groups excluding carboxylic acids is 2. The predicted octanol–water partition coefficient (Wildman–Crippen LogP) is 2.33. The maximum absolute atomic E-state index is 12.1. The third-order valence-corrected chi connectivity index (χ3v) is 6.18. The van der Waals surface area contributed by atoms with Gasteiger partial charge in [0.1, 0.15) is 0 Å². The largest absolute Gasteiger partial charge is 0.456 e. The Morgan fingerprint density at radius 2 is 1.76 bits per heavy atom. The van der Waals surface area contributed by atoms with Gasteiger partial charge in [0.25, 0.3) is 5.91 Å². The smallest absolute Gasteiger partial charge is 0.307 e. The Balaban J connectivity index is 1.39. The van der Waals surface area contributed by atoms with Crippen LogP contribution in [0.15, 0.2) is 47.4 Å². The van der Waals surface area contributed by atoms with Crippen LogP contribution in [0.5, 0.6) is 0 Å². The van der Waals surface area contributed by atoms with Crippen molar-refractivity contribution in [3.8, 4) is 0 Å². The van der Waals surface area contributed by atoms with Gasteiger partial charge < -0.3 is 10.1 Å². The highest BCUT2D eigenvalue weighted by Gasteiger charge is 2.15. The van der Waals surface area contributed by atoms with Gasteiger partial charge in [0, 0.05) is 12.2 Å². The van der Waals surface area contributed by atoms with E-state index in [4.69, 9.17) is 4.74 Å². The molecule has 2 aromatic carbocycles. The molecule has 1 aliphatic carbocycles. The summed E-state index contributed by atoms with van der Waals surface area (Å²) in [6.07, 6.45) is 3.02. The number of ether oxygens (including phenoxy) is 1. The molecular weight excluding hydrogens is 392 g/mol. The maximum atomic E-state index is 12.1. The van der Waals surface area contributed by atoms with Crippen molar-refractivity contribution < 1.29 is 22.7 Å². The SMILES string of the molecule is Cc1ccc(S(=O)(=O)NCCC(=O)OCC(=O)Nc2ccc3c(c2)CCC3)cc1. The predicted molar refractivity (Wildman–Crippen MR) is 109 cm³/mol. The molecule has 0 fully saturated rings. The Morgan fingerprint density at radius 1 is 1.03 bits per heavy atom. The van der Waals surface area contributed by atoms with Gasteiger partial charge in [-0.25, -0.2) is 13.1 Å². The van der Waals surface area contributed by atoms with Gasteiger partial charge in [-0.2, -0.15) is 0 Å². The van der Waals surface area contributed by atoms with Crippen molar-refractivity contribution in [3.05, 3.63) is 59.2 Å². The molecule has 0 saturated heterocycles. The molecule has 154 valence electrons. The minimum Gasteiger partial charge on any atom is -0.456 e. The third-order valence-electron chi connectivity index (χ3n) is 4.70. The molecule has 0 aliphatic heterocycles. The summed E-state index contributed by atoms with van der Waals surface area (Å²) < 4.78 is 31.6. The average Bonchev–Trinajstić information content (AvgIpc) is 3.14. The second-order valence-electron chi connectivity index (χ2n) is 7.01. The van der Waals surface area contributed by atoms with E-state index in [-0.39, 0.29) is 17.9 Å². The van der Waals surface area contributed by atoms with Crippen LogP contribution in [0.25, 0.3) is 0 Å². The Bertz CT molecular complexity index is 1000. The minimum absolute atomic E-state index is 0.110. The number of hydrogen-bond donors (Lipinski definition) is 2. The first-order chi connectivity index (χ1) is 13.8. The highest BCUT2D eigenvalue weighted by Crippen LogP contribution is 2.24. The lowest BCUT2D eigenvalue weighted by Crippen LogP contribution is -2.28. The van der Waals surface area contributed by atoms with Crippen molar-refractivity contribution in [1.29, 1.82) is 0 Å². The van der Waals surface area contributed by atoms with Gasteiger partial charge >= 0.3 is 5.97 Å². The summed E-state index contributed by atoms with van der Waals surface area (Å²) in [7, 11) is -3.69. The Hall–Kier alpha value is -2.71. The zero-order valence-corrected chi connectivity index (χ0v) is 17.1. The molecule has 8 heteroatoms. The molecule has 0 heterocycles. The molecule has 2 N–H and O–H groups in total. The van der Waals surface area contributed by atoms with Crippen molar-refractivity contribution in [2.45, 2.75) is 37.5 Å². The van der Waals surface area contributed by atoms with Gasteiger partial charge in [-0.15, -0.1) is 0 Å². The molecule has 0 atom stereocenters. The van der Waals surface area contributed by atoms with Gasteiger partial charge in [0.2, 0.25) is 10.0 Å². The van der Waals surface area contributed by atoms with E-state index in [1.54, 1.807) is 12.1 Å². The molecule has 1 aliphatic rings.